The Hall–Kier alpha value is -1.66. The van der Waals surface area contributed by atoms with E-state index in [9.17, 15) is 44.7 Å². The van der Waals surface area contributed by atoms with Crippen LogP contribution in [0.1, 0.15) is 0 Å². The molecule has 0 saturated heterocycles. The van der Waals surface area contributed by atoms with Crippen molar-refractivity contribution in [1.82, 2.24) is 10.6 Å². The minimum Gasteiger partial charge on any atom is -0.389 e. The van der Waals surface area contributed by atoms with E-state index in [1.165, 1.54) is 10.6 Å². The highest BCUT2D eigenvalue weighted by atomic mass is 19.3. The van der Waals surface area contributed by atoms with Gasteiger partial charge in [0.2, 0.25) is 0 Å². The molecule has 0 unspecified atom stereocenters. The average molecular weight is 346 g/mol. The number of hydrogen-bond acceptors (Lipinski definition) is 3. The van der Waals surface area contributed by atoms with E-state index in [-0.39, 0.29) is 0 Å². The van der Waals surface area contributed by atoms with Crippen molar-refractivity contribution in [3.63, 3.8) is 0 Å². The van der Waals surface area contributed by atoms with Gasteiger partial charge in [-0.3, -0.25) is 9.59 Å². The Morgan fingerprint density at radius 1 is 0.818 bits per heavy atom. The van der Waals surface area contributed by atoms with Gasteiger partial charge >= 0.3 is 24.7 Å². The van der Waals surface area contributed by atoms with E-state index >= 15 is 0 Å². The van der Waals surface area contributed by atoms with Crippen molar-refractivity contribution in [2.45, 2.75) is 30.8 Å². The fourth-order valence-electron chi connectivity index (χ4n) is 0.927. The molecule has 2 amide bonds. The summed E-state index contributed by atoms with van der Waals surface area (Å²) in [5.41, 5.74) is 0. The fraction of sp³-hybridized carbons (Fsp3) is 0.778. The minimum atomic E-state index is -5.04. The predicted octanol–water partition coefficient (Wildman–Crippen LogP) is 0.381. The molecule has 0 aliphatic carbocycles. The monoisotopic (exact) mass is 346 g/mol. The average Bonchev–Trinajstić information content (AvgIpc) is 2.41. The Labute approximate surface area is 117 Å². The molecule has 3 N–H and O–H groups in total. The number of aliphatic hydroxyl groups excluding tert-OH is 1. The first-order valence-corrected chi connectivity index (χ1v) is 5.40. The zero-order chi connectivity index (χ0) is 17.7. The number of carbonyl (C=O) groups excluding carboxylic acids is 2. The van der Waals surface area contributed by atoms with Gasteiger partial charge in [0, 0.05) is 13.1 Å². The van der Waals surface area contributed by atoms with Gasteiger partial charge in [0.1, 0.15) is 0 Å². The summed E-state index contributed by atoms with van der Waals surface area (Å²) in [5, 5.41) is 11.4. The van der Waals surface area contributed by atoms with Gasteiger partial charge in [0.05, 0.1) is 6.10 Å². The second-order valence-corrected chi connectivity index (χ2v) is 3.92. The molecule has 0 aliphatic rings. The highest BCUT2D eigenvalue weighted by Gasteiger charge is 2.49. The summed E-state index contributed by atoms with van der Waals surface area (Å²) in [6, 6.07) is 0. The molecule has 22 heavy (non-hydrogen) atoms. The van der Waals surface area contributed by atoms with Gasteiger partial charge in [-0.05, 0) is 0 Å². The molecule has 13 heteroatoms. The first kappa shape index (κ1) is 20.3. The van der Waals surface area contributed by atoms with Gasteiger partial charge in [-0.25, -0.2) is 17.6 Å². The molecule has 0 aromatic rings. The SMILES string of the molecule is O=C(NCC(O)CNC(=O)C(F)(F)C(F)F)C(F)(F)C(F)F. The molecule has 0 spiro atoms. The lowest BCUT2D eigenvalue weighted by molar-refractivity contribution is -0.170. The lowest BCUT2D eigenvalue weighted by atomic mass is 10.2. The maximum Gasteiger partial charge on any atom is 0.383 e. The van der Waals surface area contributed by atoms with Crippen molar-refractivity contribution in [2.75, 3.05) is 13.1 Å². The van der Waals surface area contributed by atoms with E-state index < -0.39 is 55.7 Å². The molecule has 0 fully saturated rings. The molecule has 130 valence electrons. The maximum atomic E-state index is 12.5. The van der Waals surface area contributed by atoms with Gasteiger partial charge < -0.3 is 15.7 Å². The lowest BCUT2D eigenvalue weighted by Crippen LogP contribution is -2.51. The Kier molecular flexibility index (Phi) is 6.99. The Morgan fingerprint density at radius 3 is 1.32 bits per heavy atom. The van der Waals surface area contributed by atoms with E-state index in [2.05, 4.69) is 0 Å². The van der Waals surface area contributed by atoms with Crippen LogP contribution >= 0.6 is 0 Å². The van der Waals surface area contributed by atoms with Crippen molar-refractivity contribution < 1.29 is 49.8 Å². The number of halogens is 8. The molecule has 0 rings (SSSR count). The van der Waals surface area contributed by atoms with Crippen LogP contribution in [0.2, 0.25) is 0 Å². The molecule has 0 heterocycles. The van der Waals surface area contributed by atoms with Crippen LogP contribution < -0.4 is 10.6 Å². The summed E-state index contributed by atoms with van der Waals surface area (Å²) in [6.45, 7) is -2.22. The number of alkyl halides is 8. The quantitative estimate of drug-likeness (QED) is 0.556. The molecular weight excluding hydrogens is 336 g/mol. The third kappa shape index (κ3) is 5.27. The van der Waals surface area contributed by atoms with Gasteiger partial charge in [0.15, 0.2) is 0 Å². The number of nitrogens with one attached hydrogen (secondary N) is 2. The third-order valence-electron chi connectivity index (χ3n) is 2.15. The molecule has 0 bridgehead atoms. The molecular formula is C9H10F8N2O3. The summed E-state index contributed by atoms with van der Waals surface area (Å²) in [5.74, 6) is -15.0. The van der Waals surface area contributed by atoms with Gasteiger partial charge in [-0.2, -0.15) is 17.6 Å². The van der Waals surface area contributed by atoms with Crippen LogP contribution in [0.4, 0.5) is 35.1 Å². The number of carbonyl (C=O) groups is 2. The Balaban J connectivity index is 4.30. The second kappa shape index (κ2) is 7.56. The summed E-state index contributed by atoms with van der Waals surface area (Å²) in [4.78, 5) is 21.3. The third-order valence-corrected chi connectivity index (χ3v) is 2.15. The van der Waals surface area contributed by atoms with Crippen molar-refractivity contribution >= 4 is 11.8 Å². The zero-order valence-electron chi connectivity index (χ0n) is 10.4. The van der Waals surface area contributed by atoms with Gasteiger partial charge in [0.25, 0.3) is 11.8 Å². The standard InChI is InChI=1S/C9H10F8N2O3/c10-4(11)8(14,15)6(21)18-1-3(20)2-19-7(22)9(16,17)5(12)13/h3-5,20H,1-2H2,(H,18,21)(H,19,22). The van der Waals surface area contributed by atoms with Crippen molar-refractivity contribution in [2.24, 2.45) is 0 Å². The predicted molar refractivity (Wildman–Crippen MR) is 53.9 cm³/mol. The van der Waals surface area contributed by atoms with Crippen LogP contribution in [-0.2, 0) is 9.59 Å². The summed E-state index contributed by atoms with van der Waals surface area (Å²) in [6.07, 6.45) is -10.6. The topological polar surface area (TPSA) is 78.4 Å². The largest absolute Gasteiger partial charge is 0.389 e. The molecule has 0 aromatic carbocycles. The highest BCUT2D eigenvalue weighted by Crippen LogP contribution is 2.23. The van der Waals surface area contributed by atoms with Crippen molar-refractivity contribution in [3.05, 3.63) is 0 Å². The Bertz CT molecular complexity index is 368. The first-order valence-electron chi connectivity index (χ1n) is 5.40. The lowest BCUT2D eigenvalue weighted by Gasteiger charge is -2.19. The highest BCUT2D eigenvalue weighted by molar-refractivity contribution is 5.84. The van der Waals surface area contributed by atoms with E-state index in [1.807, 2.05) is 0 Å². The molecule has 0 aliphatic heterocycles. The van der Waals surface area contributed by atoms with E-state index in [0.29, 0.717) is 0 Å². The van der Waals surface area contributed by atoms with Crippen LogP contribution in [0.3, 0.4) is 0 Å². The van der Waals surface area contributed by atoms with Gasteiger partial charge in [-0.15, -0.1) is 0 Å². The zero-order valence-corrected chi connectivity index (χ0v) is 10.4. The van der Waals surface area contributed by atoms with Crippen LogP contribution in [0.5, 0.6) is 0 Å². The van der Waals surface area contributed by atoms with Crippen LogP contribution in [0, 0.1) is 0 Å². The molecule has 5 nitrogen and oxygen atoms in total. The summed E-state index contributed by atoms with van der Waals surface area (Å²) in [7, 11) is 0. The molecule has 0 radical (unpaired) electrons. The smallest absolute Gasteiger partial charge is 0.383 e. The maximum absolute atomic E-state index is 12.5. The van der Waals surface area contributed by atoms with E-state index in [4.69, 9.17) is 5.11 Å². The molecule has 0 aromatic heterocycles. The number of amides is 2. The van der Waals surface area contributed by atoms with Crippen LogP contribution in [0.15, 0.2) is 0 Å². The van der Waals surface area contributed by atoms with Crippen LogP contribution in [-0.4, -0.2) is 60.8 Å². The van der Waals surface area contributed by atoms with E-state index in [1.54, 1.807) is 0 Å². The van der Waals surface area contributed by atoms with Crippen LogP contribution in [0.25, 0.3) is 0 Å². The number of hydrogen-bond donors (Lipinski definition) is 3. The first-order chi connectivity index (χ1) is 9.83. The number of aliphatic hydroxyl groups is 1. The fourth-order valence-corrected chi connectivity index (χ4v) is 0.927. The summed E-state index contributed by atoms with van der Waals surface area (Å²) < 4.78 is 96.9. The molecule has 0 atom stereocenters. The number of rotatable bonds is 8. The van der Waals surface area contributed by atoms with E-state index in [0.717, 1.165) is 0 Å². The normalized spacial score (nSPS) is 12.9. The molecule has 0 saturated carbocycles. The van der Waals surface area contributed by atoms with Crippen molar-refractivity contribution in [1.29, 1.82) is 0 Å². The summed E-state index contributed by atoms with van der Waals surface area (Å²) >= 11 is 0. The second-order valence-electron chi connectivity index (χ2n) is 3.92. The minimum absolute atomic E-state index is 1.11. The Morgan fingerprint density at radius 2 is 1.09 bits per heavy atom. The van der Waals surface area contributed by atoms with Crippen molar-refractivity contribution in [3.8, 4) is 0 Å². The van der Waals surface area contributed by atoms with Gasteiger partial charge in [-0.1, -0.05) is 0 Å².